The van der Waals surface area contributed by atoms with Crippen LogP contribution in [0.15, 0.2) is 22.7 Å². The molecule has 1 aromatic carbocycles. The van der Waals surface area contributed by atoms with Crippen LogP contribution in [-0.4, -0.2) is 54.2 Å². The van der Waals surface area contributed by atoms with Crippen LogP contribution in [0, 0.1) is 0 Å². The zero-order chi connectivity index (χ0) is 17.4. The summed E-state index contributed by atoms with van der Waals surface area (Å²) in [5.41, 5.74) is 1.79. The second-order valence-electron chi connectivity index (χ2n) is 6.68. The first-order chi connectivity index (χ1) is 12.1. The van der Waals surface area contributed by atoms with Crippen LogP contribution in [0.4, 0.5) is 10.6 Å². The van der Waals surface area contributed by atoms with Crippen LogP contribution in [0.25, 0.3) is 11.0 Å². The summed E-state index contributed by atoms with van der Waals surface area (Å²) in [6.45, 7) is 6.34. The van der Waals surface area contributed by atoms with Crippen molar-refractivity contribution < 1.29 is 14.1 Å². The summed E-state index contributed by atoms with van der Waals surface area (Å²) >= 11 is 0. The topological polar surface area (TPSA) is 90.7 Å². The minimum absolute atomic E-state index is 0.262. The molecule has 0 saturated carbocycles. The van der Waals surface area contributed by atoms with Gasteiger partial charge in [0.25, 0.3) is 0 Å². The zero-order valence-corrected chi connectivity index (χ0v) is 14.1. The fourth-order valence-corrected chi connectivity index (χ4v) is 3.45. The van der Waals surface area contributed by atoms with E-state index in [1.165, 1.54) is 4.90 Å². The van der Waals surface area contributed by atoms with Crippen LogP contribution in [0.1, 0.15) is 18.9 Å². The third-order valence-corrected chi connectivity index (χ3v) is 4.68. The normalized spacial score (nSPS) is 22.4. The lowest BCUT2D eigenvalue weighted by Crippen LogP contribution is -2.49. The molecule has 2 aromatic rings. The molecular formula is C17H21N5O3. The van der Waals surface area contributed by atoms with Gasteiger partial charge in [0.1, 0.15) is 0 Å². The van der Waals surface area contributed by atoms with Crippen molar-refractivity contribution in [3.63, 3.8) is 0 Å². The first-order valence-electron chi connectivity index (χ1n) is 8.55. The van der Waals surface area contributed by atoms with Crippen LogP contribution in [-0.2, 0) is 11.3 Å². The molecule has 132 valence electrons. The summed E-state index contributed by atoms with van der Waals surface area (Å²) in [5, 5.41) is 10.6. The molecule has 2 fully saturated rings. The Morgan fingerprint density at radius 1 is 1.32 bits per heavy atom. The fourth-order valence-electron chi connectivity index (χ4n) is 3.45. The van der Waals surface area contributed by atoms with Crippen LogP contribution < -0.4 is 15.5 Å². The molecule has 1 aromatic heterocycles. The summed E-state index contributed by atoms with van der Waals surface area (Å²) < 4.78 is 5.36. The number of piperazine rings is 1. The van der Waals surface area contributed by atoms with Crippen LogP contribution in [0.5, 0.6) is 0 Å². The van der Waals surface area contributed by atoms with E-state index in [0.29, 0.717) is 24.0 Å². The number of aromatic nitrogens is 1. The number of urea groups is 1. The van der Waals surface area contributed by atoms with E-state index in [-0.39, 0.29) is 12.3 Å². The van der Waals surface area contributed by atoms with E-state index in [1.54, 1.807) is 0 Å². The maximum absolute atomic E-state index is 12.1. The number of imide groups is 1. The SMILES string of the molecule is C[C@H]1CN(Cc2ccc3onc(N4CCC(=O)NC4=O)c3c2)CCN1. The number of amides is 3. The van der Waals surface area contributed by atoms with E-state index in [1.807, 2.05) is 18.2 Å². The van der Waals surface area contributed by atoms with E-state index in [2.05, 4.69) is 27.6 Å². The summed E-state index contributed by atoms with van der Waals surface area (Å²) in [5.74, 6) is 0.207. The maximum Gasteiger partial charge on any atom is 0.329 e. The second-order valence-corrected chi connectivity index (χ2v) is 6.68. The number of carbonyl (C=O) groups is 2. The van der Waals surface area contributed by atoms with Crippen molar-refractivity contribution in [2.24, 2.45) is 0 Å². The lowest BCUT2D eigenvalue weighted by Gasteiger charge is -2.31. The smallest absolute Gasteiger partial charge is 0.329 e. The molecule has 8 nitrogen and oxygen atoms in total. The Morgan fingerprint density at radius 2 is 2.20 bits per heavy atom. The summed E-state index contributed by atoms with van der Waals surface area (Å²) in [7, 11) is 0. The highest BCUT2D eigenvalue weighted by Gasteiger charge is 2.28. The van der Waals surface area contributed by atoms with Crippen molar-refractivity contribution in [1.29, 1.82) is 0 Å². The predicted molar refractivity (Wildman–Crippen MR) is 92.3 cm³/mol. The molecule has 4 rings (SSSR count). The first kappa shape index (κ1) is 16.0. The molecule has 3 heterocycles. The van der Waals surface area contributed by atoms with E-state index < -0.39 is 6.03 Å². The number of anilines is 1. The van der Waals surface area contributed by atoms with Crippen molar-refractivity contribution in [3.8, 4) is 0 Å². The average molecular weight is 343 g/mol. The number of rotatable bonds is 3. The number of hydrogen-bond donors (Lipinski definition) is 2. The summed E-state index contributed by atoms with van der Waals surface area (Å²) in [6, 6.07) is 5.98. The van der Waals surface area contributed by atoms with Gasteiger partial charge < -0.3 is 9.84 Å². The van der Waals surface area contributed by atoms with Gasteiger partial charge in [-0.2, -0.15) is 0 Å². The Morgan fingerprint density at radius 3 is 3.00 bits per heavy atom. The molecule has 1 atom stereocenters. The van der Waals surface area contributed by atoms with Gasteiger partial charge in [0.2, 0.25) is 5.91 Å². The highest BCUT2D eigenvalue weighted by atomic mass is 16.5. The van der Waals surface area contributed by atoms with Crippen molar-refractivity contribution >= 4 is 28.7 Å². The van der Waals surface area contributed by atoms with Gasteiger partial charge in [0, 0.05) is 45.2 Å². The third kappa shape index (κ3) is 3.22. The number of carbonyl (C=O) groups excluding carboxylic acids is 2. The van der Waals surface area contributed by atoms with Gasteiger partial charge in [0.15, 0.2) is 11.4 Å². The van der Waals surface area contributed by atoms with Crippen LogP contribution >= 0.6 is 0 Å². The Hall–Kier alpha value is -2.45. The van der Waals surface area contributed by atoms with Gasteiger partial charge in [-0.1, -0.05) is 11.2 Å². The van der Waals surface area contributed by atoms with Gasteiger partial charge in [0.05, 0.1) is 5.39 Å². The van der Waals surface area contributed by atoms with Gasteiger partial charge in [-0.15, -0.1) is 0 Å². The quantitative estimate of drug-likeness (QED) is 0.866. The molecule has 0 aliphatic carbocycles. The maximum atomic E-state index is 12.1. The van der Waals surface area contributed by atoms with Crippen LogP contribution in [0.2, 0.25) is 0 Å². The molecule has 25 heavy (non-hydrogen) atoms. The van der Waals surface area contributed by atoms with E-state index in [4.69, 9.17) is 4.52 Å². The Labute approximate surface area is 145 Å². The highest BCUT2D eigenvalue weighted by Crippen LogP contribution is 2.28. The Kier molecular flexibility index (Phi) is 4.14. The van der Waals surface area contributed by atoms with E-state index >= 15 is 0 Å². The molecule has 0 spiro atoms. The van der Waals surface area contributed by atoms with Gasteiger partial charge in [-0.05, 0) is 24.6 Å². The molecule has 8 heteroatoms. The fraction of sp³-hybridized carbons (Fsp3) is 0.471. The lowest BCUT2D eigenvalue weighted by molar-refractivity contribution is -0.120. The molecule has 0 unspecified atom stereocenters. The number of fused-ring (bicyclic) bond motifs is 1. The molecule has 2 N–H and O–H groups in total. The van der Waals surface area contributed by atoms with Crippen LogP contribution in [0.3, 0.4) is 0 Å². The predicted octanol–water partition coefficient (Wildman–Crippen LogP) is 1.07. The molecular weight excluding hydrogens is 322 g/mol. The Balaban J connectivity index is 1.59. The van der Waals surface area contributed by atoms with Gasteiger partial charge in [-0.3, -0.25) is 19.9 Å². The molecule has 2 aliphatic rings. The van der Waals surface area contributed by atoms with Gasteiger partial charge >= 0.3 is 6.03 Å². The van der Waals surface area contributed by atoms with Crippen molar-refractivity contribution in [2.45, 2.75) is 25.9 Å². The number of nitrogens with one attached hydrogen (secondary N) is 2. The van der Waals surface area contributed by atoms with E-state index in [9.17, 15) is 9.59 Å². The van der Waals surface area contributed by atoms with Crippen molar-refractivity contribution in [2.75, 3.05) is 31.1 Å². The Bertz CT molecular complexity index is 818. The molecule has 2 saturated heterocycles. The van der Waals surface area contributed by atoms with Gasteiger partial charge in [-0.25, -0.2) is 4.79 Å². The minimum Gasteiger partial charge on any atom is -0.354 e. The largest absolute Gasteiger partial charge is 0.354 e. The molecule has 2 aliphatic heterocycles. The lowest BCUT2D eigenvalue weighted by atomic mass is 10.1. The highest BCUT2D eigenvalue weighted by molar-refractivity contribution is 6.08. The number of hydrogen-bond acceptors (Lipinski definition) is 6. The minimum atomic E-state index is -0.451. The monoisotopic (exact) mass is 343 g/mol. The number of nitrogens with zero attached hydrogens (tertiary/aromatic N) is 3. The summed E-state index contributed by atoms with van der Waals surface area (Å²) in [4.78, 5) is 27.3. The third-order valence-electron chi connectivity index (χ3n) is 4.68. The molecule has 0 bridgehead atoms. The van der Waals surface area contributed by atoms with Crippen molar-refractivity contribution in [1.82, 2.24) is 20.7 Å². The van der Waals surface area contributed by atoms with E-state index in [0.717, 1.165) is 37.1 Å². The average Bonchev–Trinajstić information content (AvgIpc) is 2.98. The zero-order valence-electron chi connectivity index (χ0n) is 14.1. The molecule has 3 amide bonds. The second kappa shape index (κ2) is 6.45. The molecule has 0 radical (unpaired) electrons. The first-order valence-corrected chi connectivity index (χ1v) is 8.55. The number of benzene rings is 1. The standard InChI is InChI=1S/C17H21N5O3/c1-11-9-21(7-5-18-11)10-12-2-3-14-13(8-12)16(20-25-14)22-6-4-15(23)19-17(22)24/h2-3,8,11,18H,4-7,9-10H2,1H3,(H,19,23,24)/t11-/m0/s1. The van der Waals surface area contributed by atoms with Crippen molar-refractivity contribution in [3.05, 3.63) is 23.8 Å². The summed E-state index contributed by atoms with van der Waals surface area (Å²) in [6.07, 6.45) is 0.262.